The Hall–Kier alpha value is -1.62. The fraction of sp³-hybridized carbons (Fsp3) is 0.462. The third-order valence-corrected chi connectivity index (χ3v) is 2.58. The molecule has 0 aromatic heterocycles. The highest BCUT2D eigenvalue weighted by molar-refractivity contribution is 5.95. The van der Waals surface area contributed by atoms with Gasteiger partial charge in [0, 0.05) is 12.8 Å². The number of carbonyl (C=O) groups excluding carboxylic acids is 1. The SMILES string of the molecule is CCCC(COC)NC(=O)c1cc(N)ccc1F. The summed E-state index contributed by atoms with van der Waals surface area (Å²) in [6, 6.07) is 3.83. The number of carbonyl (C=O) groups is 1. The summed E-state index contributed by atoms with van der Waals surface area (Å²) in [4.78, 5) is 11.9. The molecule has 100 valence electrons. The molecule has 1 atom stereocenters. The molecular formula is C13H19FN2O2. The molecule has 1 unspecified atom stereocenters. The van der Waals surface area contributed by atoms with Gasteiger partial charge < -0.3 is 15.8 Å². The van der Waals surface area contributed by atoms with Crippen LogP contribution in [0.1, 0.15) is 30.1 Å². The van der Waals surface area contributed by atoms with E-state index in [1.54, 1.807) is 7.11 Å². The summed E-state index contributed by atoms with van der Waals surface area (Å²) in [5.41, 5.74) is 5.87. The minimum Gasteiger partial charge on any atom is -0.399 e. The van der Waals surface area contributed by atoms with E-state index in [0.717, 1.165) is 12.8 Å². The molecule has 0 bridgehead atoms. The van der Waals surface area contributed by atoms with Crippen LogP contribution in [0.2, 0.25) is 0 Å². The van der Waals surface area contributed by atoms with E-state index in [0.29, 0.717) is 12.3 Å². The molecule has 5 heteroatoms. The first-order chi connectivity index (χ1) is 8.58. The van der Waals surface area contributed by atoms with Gasteiger partial charge in [-0.3, -0.25) is 4.79 Å². The van der Waals surface area contributed by atoms with Crippen molar-refractivity contribution in [2.24, 2.45) is 0 Å². The minimum absolute atomic E-state index is 0.0350. The highest BCUT2D eigenvalue weighted by atomic mass is 19.1. The molecule has 0 spiro atoms. The van der Waals surface area contributed by atoms with Crippen LogP contribution in [-0.4, -0.2) is 25.7 Å². The summed E-state index contributed by atoms with van der Waals surface area (Å²) in [7, 11) is 1.57. The van der Waals surface area contributed by atoms with E-state index in [1.165, 1.54) is 18.2 Å². The molecule has 1 rings (SSSR count). The first-order valence-corrected chi connectivity index (χ1v) is 5.93. The van der Waals surface area contributed by atoms with Crippen LogP contribution < -0.4 is 11.1 Å². The number of halogens is 1. The molecule has 0 heterocycles. The molecule has 4 nitrogen and oxygen atoms in total. The van der Waals surface area contributed by atoms with Crippen molar-refractivity contribution in [3.8, 4) is 0 Å². The van der Waals surface area contributed by atoms with E-state index in [9.17, 15) is 9.18 Å². The first-order valence-electron chi connectivity index (χ1n) is 5.93. The highest BCUT2D eigenvalue weighted by Crippen LogP contribution is 2.12. The van der Waals surface area contributed by atoms with Gasteiger partial charge in [0.15, 0.2) is 0 Å². The maximum absolute atomic E-state index is 13.5. The molecule has 0 saturated heterocycles. The smallest absolute Gasteiger partial charge is 0.254 e. The van der Waals surface area contributed by atoms with Crippen molar-refractivity contribution >= 4 is 11.6 Å². The van der Waals surface area contributed by atoms with Gasteiger partial charge in [0.2, 0.25) is 0 Å². The second kappa shape index (κ2) is 6.96. The Morgan fingerprint density at radius 2 is 2.28 bits per heavy atom. The standard InChI is InChI=1S/C13H19FN2O2/c1-3-4-10(8-18-2)16-13(17)11-7-9(15)5-6-12(11)14/h5-7,10H,3-4,8,15H2,1-2H3,(H,16,17). The highest BCUT2D eigenvalue weighted by Gasteiger charge is 2.16. The van der Waals surface area contributed by atoms with Gasteiger partial charge in [0.25, 0.3) is 5.91 Å². The molecule has 0 saturated carbocycles. The molecule has 18 heavy (non-hydrogen) atoms. The molecule has 1 aromatic carbocycles. The number of anilines is 1. The summed E-state index contributed by atoms with van der Waals surface area (Å²) < 4.78 is 18.5. The third kappa shape index (κ3) is 4.00. The monoisotopic (exact) mass is 254 g/mol. The number of nitrogens with two attached hydrogens (primary N) is 1. The van der Waals surface area contributed by atoms with Crippen LogP contribution in [0.5, 0.6) is 0 Å². The van der Waals surface area contributed by atoms with Crippen LogP contribution in [-0.2, 0) is 4.74 Å². The van der Waals surface area contributed by atoms with Crippen molar-refractivity contribution in [2.45, 2.75) is 25.8 Å². The second-order valence-corrected chi connectivity index (χ2v) is 4.15. The summed E-state index contributed by atoms with van der Waals surface area (Å²) in [5, 5.41) is 2.74. The minimum atomic E-state index is -0.575. The van der Waals surface area contributed by atoms with Gasteiger partial charge in [-0.25, -0.2) is 4.39 Å². The van der Waals surface area contributed by atoms with E-state index < -0.39 is 11.7 Å². The van der Waals surface area contributed by atoms with Crippen LogP contribution in [0.15, 0.2) is 18.2 Å². The third-order valence-electron chi connectivity index (χ3n) is 2.58. The lowest BCUT2D eigenvalue weighted by atomic mass is 10.1. The van der Waals surface area contributed by atoms with Gasteiger partial charge >= 0.3 is 0 Å². The molecule has 3 N–H and O–H groups in total. The molecule has 0 aliphatic carbocycles. The van der Waals surface area contributed by atoms with Gasteiger partial charge in [0.05, 0.1) is 18.2 Å². The second-order valence-electron chi connectivity index (χ2n) is 4.15. The largest absolute Gasteiger partial charge is 0.399 e. The lowest BCUT2D eigenvalue weighted by Gasteiger charge is -2.17. The number of benzene rings is 1. The fourth-order valence-electron chi connectivity index (χ4n) is 1.73. The summed E-state index contributed by atoms with van der Waals surface area (Å²) in [6.45, 7) is 2.42. The normalized spacial score (nSPS) is 12.2. The van der Waals surface area contributed by atoms with Gasteiger partial charge in [-0.1, -0.05) is 13.3 Å². The predicted octanol–water partition coefficient (Wildman–Crippen LogP) is 1.95. The number of hydrogen-bond acceptors (Lipinski definition) is 3. The zero-order chi connectivity index (χ0) is 13.5. The molecule has 1 aromatic rings. The fourth-order valence-corrected chi connectivity index (χ4v) is 1.73. The Morgan fingerprint density at radius 3 is 2.89 bits per heavy atom. The molecule has 0 aliphatic heterocycles. The van der Waals surface area contributed by atoms with Gasteiger partial charge in [-0.05, 0) is 24.6 Å². The van der Waals surface area contributed by atoms with Crippen molar-refractivity contribution in [1.29, 1.82) is 0 Å². The van der Waals surface area contributed by atoms with Gasteiger partial charge in [-0.2, -0.15) is 0 Å². The predicted molar refractivity (Wildman–Crippen MR) is 68.9 cm³/mol. The Balaban J connectivity index is 2.76. The van der Waals surface area contributed by atoms with Crippen molar-refractivity contribution in [3.63, 3.8) is 0 Å². The number of hydrogen-bond donors (Lipinski definition) is 2. The number of rotatable bonds is 6. The number of amides is 1. The zero-order valence-corrected chi connectivity index (χ0v) is 10.7. The number of nitrogen functional groups attached to an aromatic ring is 1. The van der Waals surface area contributed by atoms with E-state index in [2.05, 4.69) is 5.32 Å². The van der Waals surface area contributed by atoms with Crippen molar-refractivity contribution in [3.05, 3.63) is 29.6 Å². The van der Waals surface area contributed by atoms with E-state index in [-0.39, 0.29) is 11.6 Å². The maximum Gasteiger partial charge on any atom is 0.254 e. The van der Waals surface area contributed by atoms with E-state index in [4.69, 9.17) is 10.5 Å². The van der Waals surface area contributed by atoms with Crippen molar-refractivity contribution in [1.82, 2.24) is 5.32 Å². The van der Waals surface area contributed by atoms with Crippen molar-refractivity contribution < 1.29 is 13.9 Å². The average molecular weight is 254 g/mol. The van der Waals surface area contributed by atoms with E-state index >= 15 is 0 Å². The molecule has 0 fully saturated rings. The average Bonchev–Trinajstić information content (AvgIpc) is 2.33. The number of ether oxygens (including phenoxy) is 1. The maximum atomic E-state index is 13.5. The Bertz CT molecular complexity index is 404. The summed E-state index contributed by atoms with van der Waals surface area (Å²) in [5.74, 6) is -1.04. The quantitative estimate of drug-likeness (QED) is 0.763. The lowest BCUT2D eigenvalue weighted by Crippen LogP contribution is -2.38. The number of methoxy groups -OCH3 is 1. The lowest BCUT2D eigenvalue weighted by molar-refractivity contribution is 0.0887. The summed E-state index contributed by atoms with van der Waals surface area (Å²) in [6.07, 6.45) is 1.69. The molecule has 0 aliphatic rings. The van der Waals surface area contributed by atoms with Crippen molar-refractivity contribution in [2.75, 3.05) is 19.5 Å². The van der Waals surface area contributed by atoms with Crippen LogP contribution in [0.25, 0.3) is 0 Å². The van der Waals surface area contributed by atoms with Gasteiger partial charge in [0.1, 0.15) is 5.82 Å². The van der Waals surface area contributed by atoms with Gasteiger partial charge in [-0.15, -0.1) is 0 Å². The molecule has 1 amide bonds. The Kier molecular flexibility index (Phi) is 5.58. The topological polar surface area (TPSA) is 64.3 Å². The number of nitrogens with one attached hydrogen (secondary N) is 1. The Labute approximate surface area is 106 Å². The van der Waals surface area contributed by atoms with E-state index in [1.807, 2.05) is 6.92 Å². The van der Waals surface area contributed by atoms with Crippen LogP contribution >= 0.6 is 0 Å². The van der Waals surface area contributed by atoms with Crippen LogP contribution in [0, 0.1) is 5.82 Å². The summed E-state index contributed by atoms with van der Waals surface area (Å²) >= 11 is 0. The molecule has 0 radical (unpaired) electrons. The zero-order valence-electron chi connectivity index (χ0n) is 10.7. The molecular weight excluding hydrogens is 235 g/mol. The first kappa shape index (κ1) is 14.4. The van der Waals surface area contributed by atoms with Crippen LogP contribution in [0.3, 0.4) is 0 Å². The van der Waals surface area contributed by atoms with Crippen LogP contribution in [0.4, 0.5) is 10.1 Å². The Morgan fingerprint density at radius 1 is 1.56 bits per heavy atom.